The zero-order chi connectivity index (χ0) is 18.9. The van der Waals surface area contributed by atoms with E-state index in [1.807, 2.05) is 26.8 Å². The Labute approximate surface area is 155 Å². The molecule has 0 saturated heterocycles. The molecule has 1 atom stereocenters. The van der Waals surface area contributed by atoms with Crippen molar-refractivity contribution in [3.63, 3.8) is 0 Å². The van der Waals surface area contributed by atoms with Crippen LogP contribution in [0.3, 0.4) is 0 Å². The highest BCUT2D eigenvalue weighted by Gasteiger charge is 2.36. The minimum absolute atomic E-state index is 0.0187. The molecule has 0 fully saturated rings. The van der Waals surface area contributed by atoms with Gasteiger partial charge in [0.05, 0.1) is 10.6 Å². The first-order valence-corrected chi connectivity index (χ1v) is 10.4. The summed E-state index contributed by atoms with van der Waals surface area (Å²) >= 11 is 0. The van der Waals surface area contributed by atoms with E-state index in [2.05, 4.69) is 0 Å². The van der Waals surface area contributed by atoms with Crippen LogP contribution in [0.2, 0.25) is 0 Å². The van der Waals surface area contributed by atoms with Crippen LogP contribution in [0.1, 0.15) is 36.7 Å². The van der Waals surface area contributed by atoms with Gasteiger partial charge in [-0.3, -0.25) is 9.10 Å². The Balaban J connectivity index is 1.99. The van der Waals surface area contributed by atoms with Crippen LogP contribution in [-0.4, -0.2) is 38.4 Å². The molecule has 0 unspecified atom stereocenters. The summed E-state index contributed by atoms with van der Waals surface area (Å²) < 4.78 is 27.6. The van der Waals surface area contributed by atoms with Gasteiger partial charge in [-0.15, -0.1) is 0 Å². The zero-order valence-electron chi connectivity index (χ0n) is 15.3. The standard InChI is InChI=1S/C20H24N2O3S/c1-4-21(5-2)20(23)16-11-12-19-17(14-16)13-15(3)22(19)26(24,25)18-9-7-6-8-10-18/h6-12,14-15H,4-5,13H2,1-3H3/t15-/m0/s1. The average molecular weight is 372 g/mol. The number of carbonyl (C=O) groups is 1. The van der Waals surface area contributed by atoms with Gasteiger partial charge in [-0.05, 0) is 63.1 Å². The second-order valence-corrected chi connectivity index (χ2v) is 8.30. The maximum atomic E-state index is 13.1. The predicted octanol–water partition coefficient (Wildman–Crippen LogP) is 3.31. The van der Waals surface area contributed by atoms with E-state index in [1.54, 1.807) is 47.4 Å². The summed E-state index contributed by atoms with van der Waals surface area (Å²) in [6.07, 6.45) is 0.598. The molecule has 2 aromatic carbocycles. The molecule has 5 nitrogen and oxygen atoms in total. The Morgan fingerprint density at radius 3 is 2.38 bits per heavy atom. The molecule has 1 aliphatic rings. The quantitative estimate of drug-likeness (QED) is 0.809. The van der Waals surface area contributed by atoms with Gasteiger partial charge in [-0.2, -0.15) is 0 Å². The second-order valence-electron chi connectivity index (χ2n) is 6.49. The van der Waals surface area contributed by atoms with Crippen molar-refractivity contribution in [3.8, 4) is 0 Å². The number of hydrogen-bond acceptors (Lipinski definition) is 3. The topological polar surface area (TPSA) is 57.7 Å². The Morgan fingerprint density at radius 2 is 1.77 bits per heavy atom. The number of amides is 1. The summed E-state index contributed by atoms with van der Waals surface area (Å²) in [5.41, 5.74) is 2.17. The SMILES string of the molecule is CCN(CC)C(=O)c1ccc2c(c1)C[C@H](C)N2S(=O)(=O)c1ccccc1. The predicted molar refractivity (Wildman–Crippen MR) is 103 cm³/mol. The van der Waals surface area contributed by atoms with Crippen molar-refractivity contribution >= 4 is 21.6 Å². The fourth-order valence-corrected chi connectivity index (χ4v) is 5.22. The van der Waals surface area contributed by atoms with Gasteiger partial charge in [0.15, 0.2) is 0 Å². The molecule has 0 aromatic heterocycles. The molecular weight excluding hydrogens is 348 g/mol. The van der Waals surface area contributed by atoms with E-state index in [0.29, 0.717) is 30.8 Å². The third-order valence-corrected chi connectivity index (χ3v) is 6.77. The Kier molecular flexibility index (Phi) is 5.05. The Morgan fingerprint density at radius 1 is 1.12 bits per heavy atom. The Hall–Kier alpha value is -2.34. The maximum absolute atomic E-state index is 13.1. The molecule has 138 valence electrons. The van der Waals surface area contributed by atoms with Gasteiger partial charge in [-0.1, -0.05) is 18.2 Å². The first kappa shape index (κ1) is 18.5. The van der Waals surface area contributed by atoms with Gasteiger partial charge >= 0.3 is 0 Å². The fourth-order valence-electron chi connectivity index (χ4n) is 3.50. The van der Waals surface area contributed by atoms with E-state index in [9.17, 15) is 13.2 Å². The molecule has 1 amide bonds. The number of hydrogen-bond donors (Lipinski definition) is 0. The van der Waals surface area contributed by atoms with E-state index in [0.717, 1.165) is 5.56 Å². The van der Waals surface area contributed by atoms with Gasteiger partial charge < -0.3 is 4.90 Å². The molecule has 1 aliphatic heterocycles. The van der Waals surface area contributed by atoms with Crippen molar-refractivity contribution in [1.29, 1.82) is 0 Å². The van der Waals surface area contributed by atoms with Crippen molar-refractivity contribution in [2.45, 2.75) is 38.1 Å². The normalized spacial score (nSPS) is 16.4. The van der Waals surface area contributed by atoms with Crippen LogP contribution in [0.25, 0.3) is 0 Å². The van der Waals surface area contributed by atoms with E-state index in [-0.39, 0.29) is 16.8 Å². The van der Waals surface area contributed by atoms with Crippen molar-refractivity contribution in [3.05, 3.63) is 59.7 Å². The summed E-state index contributed by atoms with van der Waals surface area (Å²) in [6.45, 7) is 7.09. The van der Waals surface area contributed by atoms with Crippen molar-refractivity contribution in [1.82, 2.24) is 4.90 Å². The molecule has 0 saturated carbocycles. The minimum atomic E-state index is -3.62. The largest absolute Gasteiger partial charge is 0.339 e. The number of anilines is 1. The molecule has 0 spiro atoms. The van der Waals surface area contributed by atoms with Crippen LogP contribution in [0.15, 0.2) is 53.4 Å². The first-order chi connectivity index (χ1) is 12.4. The van der Waals surface area contributed by atoms with Crippen LogP contribution in [-0.2, 0) is 16.4 Å². The van der Waals surface area contributed by atoms with Gasteiger partial charge in [-0.25, -0.2) is 8.42 Å². The molecule has 0 radical (unpaired) electrons. The van der Waals surface area contributed by atoms with Crippen molar-refractivity contribution in [2.75, 3.05) is 17.4 Å². The summed E-state index contributed by atoms with van der Waals surface area (Å²) in [6, 6.07) is 13.6. The van der Waals surface area contributed by atoms with E-state index >= 15 is 0 Å². The minimum Gasteiger partial charge on any atom is -0.339 e. The highest BCUT2D eigenvalue weighted by atomic mass is 32.2. The highest BCUT2D eigenvalue weighted by Crippen LogP contribution is 2.37. The molecule has 6 heteroatoms. The number of nitrogens with zero attached hydrogens (tertiary/aromatic N) is 2. The molecule has 0 N–H and O–H groups in total. The van der Waals surface area contributed by atoms with Crippen molar-refractivity contribution in [2.24, 2.45) is 0 Å². The zero-order valence-corrected chi connectivity index (χ0v) is 16.2. The molecule has 26 heavy (non-hydrogen) atoms. The maximum Gasteiger partial charge on any atom is 0.264 e. The molecule has 2 aromatic rings. The lowest BCUT2D eigenvalue weighted by Crippen LogP contribution is -2.35. The number of fused-ring (bicyclic) bond motifs is 1. The van der Waals surface area contributed by atoms with E-state index in [1.165, 1.54) is 4.31 Å². The summed E-state index contributed by atoms with van der Waals surface area (Å²) in [5, 5.41) is 0. The van der Waals surface area contributed by atoms with Crippen LogP contribution < -0.4 is 4.31 Å². The second kappa shape index (κ2) is 7.11. The molecule has 3 rings (SSSR count). The van der Waals surface area contributed by atoms with Gasteiger partial charge in [0, 0.05) is 24.7 Å². The average Bonchev–Trinajstić information content (AvgIpc) is 2.98. The monoisotopic (exact) mass is 372 g/mol. The third kappa shape index (κ3) is 3.09. The van der Waals surface area contributed by atoms with Gasteiger partial charge in [0.25, 0.3) is 15.9 Å². The molecule has 0 aliphatic carbocycles. The fraction of sp³-hybridized carbons (Fsp3) is 0.350. The van der Waals surface area contributed by atoms with Crippen LogP contribution in [0.4, 0.5) is 5.69 Å². The smallest absolute Gasteiger partial charge is 0.264 e. The van der Waals surface area contributed by atoms with Crippen molar-refractivity contribution < 1.29 is 13.2 Å². The van der Waals surface area contributed by atoms with E-state index < -0.39 is 10.0 Å². The number of benzene rings is 2. The lowest BCUT2D eigenvalue weighted by Gasteiger charge is -2.24. The summed E-state index contributed by atoms with van der Waals surface area (Å²) in [7, 11) is -3.62. The molecule has 1 heterocycles. The van der Waals surface area contributed by atoms with Gasteiger partial charge in [0.2, 0.25) is 0 Å². The summed E-state index contributed by atoms with van der Waals surface area (Å²) in [5.74, 6) is -0.0187. The van der Waals surface area contributed by atoms with Crippen LogP contribution in [0.5, 0.6) is 0 Å². The number of rotatable bonds is 5. The highest BCUT2D eigenvalue weighted by molar-refractivity contribution is 7.92. The van der Waals surface area contributed by atoms with E-state index in [4.69, 9.17) is 0 Å². The Bertz CT molecular complexity index is 906. The molecular formula is C20H24N2O3S. The number of sulfonamides is 1. The molecule has 0 bridgehead atoms. The lowest BCUT2D eigenvalue weighted by molar-refractivity contribution is 0.0773. The van der Waals surface area contributed by atoms with Crippen LogP contribution in [0, 0.1) is 0 Å². The first-order valence-electron chi connectivity index (χ1n) is 8.91. The summed E-state index contributed by atoms with van der Waals surface area (Å²) in [4.78, 5) is 14.6. The van der Waals surface area contributed by atoms with Crippen LogP contribution >= 0.6 is 0 Å². The third-order valence-electron chi connectivity index (χ3n) is 4.83. The van der Waals surface area contributed by atoms with Gasteiger partial charge in [0.1, 0.15) is 0 Å². The lowest BCUT2D eigenvalue weighted by atomic mass is 10.1. The number of carbonyl (C=O) groups excluding carboxylic acids is 1.